The predicted molar refractivity (Wildman–Crippen MR) is 70.0 cm³/mol. The summed E-state index contributed by atoms with van der Waals surface area (Å²) in [5.41, 5.74) is 0. The van der Waals surface area contributed by atoms with Gasteiger partial charge in [0, 0.05) is 5.92 Å². The number of hydrogen-bond acceptors (Lipinski definition) is 4. The summed E-state index contributed by atoms with van der Waals surface area (Å²) in [6, 6.07) is 2.18. The summed E-state index contributed by atoms with van der Waals surface area (Å²) >= 11 is 7.10. The number of aromatic nitrogens is 1. The Morgan fingerprint density at radius 2 is 2.13 bits per heavy atom. The number of nitrogens with zero attached hydrogens (tertiary/aromatic N) is 1. The first-order chi connectivity index (χ1) is 7.33. The Kier molecular flexibility index (Phi) is 2.81. The van der Waals surface area contributed by atoms with Crippen molar-refractivity contribution in [2.45, 2.75) is 18.8 Å². The first-order valence-electron chi connectivity index (χ1n) is 5.09. The van der Waals surface area contributed by atoms with Gasteiger partial charge in [0.25, 0.3) is 0 Å². The molecule has 2 nitrogen and oxygen atoms in total. The van der Waals surface area contributed by atoms with Gasteiger partial charge in [-0.05, 0) is 47.9 Å². The molecule has 3 heterocycles. The quantitative estimate of drug-likeness (QED) is 0.871. The summed E-state index contributed by atoms with van der Waals surface area (Å²) < 4.78 is 2.52. The van der Waals surface area contributed by atoms with Gasteiger partial charge in [-0.3, -0.25) is 0 Å². The lowest BCUT2D eigenvalue weighted by Gasteiger charge is -2.20. The van der Waals surface area contributed by atoms with Gasteiger partial charge >= 0.3 is 0 Å². The Morgan fingerprint density at radius 3 is 2.87 bits per heavy atom. The molecule has 0 radical (unpaired) electrons. The number of thiazole rings is 1. The van der Waals surface area contributed by atoms with Crippen LogP contribution in [0.2, 0.25) is 0 Å². The number of rotatable bonds is 1. The van der Waals surface area contributed by atoms with Crippen molar-refractivity contribution in [1.82, 2.24) is 10.3 Å². The van der Waals surface area contributed by atoms with Crippen molar-refractivity contribution in [2.24, 2.45) is 0 Å². The van der Waals surface area contributed by atoms with Crippen molar-refractivity contribution < 1.29 is 0 Å². The molecule has 5 heteroatoms. The van der Waals surface area contributed by atoms with E-state index in [-0.39, 0.29) is 0 Å². The third-order valence-corrected chi connectivity index (χ3v) is 5.59. The molecule has 1 N–H and O–H groups in total. The zero-order valence-corrected chi connectivity index (χ0v) is 11.3. The minimum atomic E-state index is 0.689. The van der Waals surface area contributed by atoms with Crippen molar-refractivity contribution in [1.29, 1.82) is 0 Å². The lowest BCUT2D eigenvalue weighted by molar-refractivity contribution is 0.459. The van der Waals surface area contributed by atoms with Gasteiger partial charge in [0.2, 0.25) is 0 Å². The van der Waals surface area contributed by atoms with E-state index < -0.39 is 0 Å². The summed E-state index contributed by atoms with van der Waals surface area (Å²) in [6.45, 7) is 2.28. The van der Waals surface area contributed by atoms with Gasteiger partial charge in [-0.25, -0.2) is 4.98 Å². The molecular formula is C10H11BrN2S2. The van der Waals surface area contributed by atoms with E-state index in [1.807, 2.05) is 11.3 Å². The van der Waals surface area contributed by atoms with E-state index in [0.717, 1.165) is 13.1 Å². The summed E-state index contributed by atoms with van der Waals surface area (Å²) in [6.07, 6.45) is 2.48. The highest BCUT2D eigenvalue weighted by atomic mass is 79.9. The minimum Gasteiger partial charge on any atom is -0.317 e. The van der Waals surface area contributed by atoms with Crippen molar-refractivity contribution in [3.8, 4) is 0 Å². The topological polar surface area (TPSA) is 24.9 Å². The second kappa shape index (κ2) is 4.13. The number of hydrogen-bond donors (Lipinski definition) is 1. The van der Waals surface area contributed by atoms with Crippen LogP contribution < -0.4 is 5.32 Å². The van der Waals surface area contributed by atoms with Gasteiger partial charge < -0.3 is 5.32 Å². The van der Waals surface area contributed by atoms with Crippen LogP contribution in [0.4, 0.5) is 0 Å². The molecule has 0 aliphatic carbocycles. The van der Waals surface area contributed by atoms with E-state index in [1.165, 1.54) is 31.2 Å². The second-order valence-electron chi connectivity index (χ2n) is 3.80. The molecular weight excluding hydrogens is 292 g/mol. The molecule has 2 aromatic rings. The molecule has 1 fully saturated rings. The van der Waals surface area contributed by atoms with Gasteiger partial charge in [-0.2, -0.15) is 0 Å². The number of fused-ring (bicyclic) bond motifs is 1. The maximum atomic E-state index is 4.74. The first-order valence-corrected chi connectivity index (χ1v) is 7.52. The highest BCUT2D eigenvalue weighted by molar-refractivity contribution is 9.11. The van der Waals surface area contributed by atoms with E-state index in [0.29, 0.717) is 5.92 Å². The maximum absolute atomic E-state index is 4.74. The Bertz CT molecular complexity index is 439. The number of nitrogens with one attached hydrogen (secondary N) is 1. The van der Waals surface area contributed by atoms with Crippen molar-refractivity contribution in [3.63, 3.8) is 0 Å². The molecule has 15 heavy (non-hydrogen) atoms. The first kappa shape index (κ1) is 10.2. The summed E-state index contributed by atoms with van der Waals surface area (Å²) in [4.78, 5) is 5.93. The van der Waals surface area contributed by atoms with E-state index in [2.05, 4.69) is 27.3 Å². The molecule has 0 aromatic carbocycles. The molecule has 80 valence electrons. The molecule has 2 aromatic heterocycles. The molecule has 1 aliphatic heterocycles. The minimum absolute atomic E-state index is 0.689. The third-order valence-electron chi connectivity index (χ3n) is 2.76. The highest BCUT2D eigenvalue weighted by Gasteiger charge is 2.19. The largest absolute Gasteiger partial charge is 0.317 e. The molecule has 3 rings (SSSR count). The molecule has 1 saturated heterocycles. The summed E-state index contributed by atoms with van der Waals surface area (Å²) in [5.74, 6) is 0.689. The Labute approximate surface area is 105 Å². The summed E-state index contributed by atoms with van der Waals surface area (Å²) in [7, 11) is 0. The van der Waals surface area contributed by atoms with Crippen LogP contribution in [0.1, 0.15) is 23.8 Å². The zero-order chi connectivity index (χ0) is 10.3. The van der Waals surface area contributed by atoms with Gasteiger partial charge in [-0.15, -0.1) is 22.7 Å². The van der Waals surface area contributed by atoms with Crippen LogP contribution in [-0.4, -0.2) is 18.1 Å². The fraction of sp³-hybridized carbons (Fsp3) is 0.500. The summed E-state index contributed by atoms with van der Waals surface area (Å²) in [5, 5.41) is 4.73. The van der Waals surface area contributed by atoms with E-state index >= 15 is 0 Å². The maximum Gasteiger partial charge on any atom is 0.135 e. The predicted octanol–water partition coefficient (Wildman–Crippen LogP) is 3.59. The number of thiophene rings is 1. The van der Waals surface area contributed by atoms with E-state index in [1.54, 1.807) is 11.3 Å². The van der Waals surface area contributed by atoms with E-state index in [9.17, 15) is 0 Å². The highest BCUT2D eigenvalue weighted by Crippen LogP contribution is 2.37. The van der Waals surface area contributed by atoms with Gasteiger partial charge in [-0.1, -0.05) is 0 Å². The lowest BCUT2D eigenvalue weighted by Crippen LogP contribution is -2.26. The van der Waals surface area contributed by atoms with Gasteiger partial charge in [0.05, 0.1) is 13.5 Å². The number of piperidine rings is 1. The van der Waals surface area contributed by atoms with Crippen LogP contribution in [0.15, 0.2) is 9.85 Å². The van der Waals surface area contributed by atoms with Crippen LogP contribution >= 0.6 is 38.6 Å². The second-order valence-corrected chi connectivity index (χ2v) is 7.27. The SMILES string of the molecule is Brc1cc2sc(C3CCNCC3)nc2s1. The fourth-order valence-electron chi connectivity index (χ4n) is 1.97. The fourth-order valence-corrected chi connectivity index (χ4v) is 4.93. The Morgan fingerprint density at radius 1 is 1.33 bits per heavy atom. The van der Waals surface area contributed by atoms with Crippen LogP contribution in [-0.2, 0) is 0 Å². The van der Waals surface area contributed by atoms with E-state index in [4.69, 9.17) is 4.98 Å². The van der Waals surface area contributed by atoms with Crippen molar-refractivity contribution in [2.75, 3.05) is 13.1 Å². The average Bonchev–Trinajstić information content (AvgIpc) is 2.76. The van der Waals surface area contributed by atoms with Crippen LogP contribution in [0.3, 0.4) is 0 Å². The zero-order valence-electron chi connectivity index (χ0n) is 8.12. The number of halogens is 1. The van der Waals surface area contributed by atoms with Gasteiger partial charge in [0.1, 0.15) is 4.83 Å². The van der Waals surface area contributed by atoms with Crippen molar-refractivity contribution in [3.05, 3.63) is 14.9 Å². The average molecular weight is 303 g/mol. The Balaban J connectivity index is 1.93. The normalized spacial score (nSPS) is 18.7. The third kappa shape index (κ3) is 1.98. The Hall–Kier alpha value is 0.0300. The molecule has 1 aliphatic rings. The van der Waals surface area contributed by atoms with Crippen molar-refractivity contribution >= 4 is 48.1 Å². The van der Waals surface area contributed by atoms with Crippen LogP contribution in [0, 0.1) is 0 Å². The molecule has 0 saturated carbocycles. The molecule has 0 spiro atoms. The van der Waals surface area contributed by atoms with Gasteiger partial charge in [0.15, 0.2) is 0 Å². The van der Waals surface area contributed by atoms with Crippen LogP contribution in [0.25, 0.3) is 9.53 Å². The molecule has 0 unspecified atom stereocenters. The van der Waals surface area contributed by atoms with Crippen LogP contribution in [0.5, 0.6) is 0 Å². The monoisotopic (exact) mass is 302 g/mol. The molecule has 0 amide bonds. The lowest BCUT2D eigenvalue weighted by atomic mass is 9.99. The smallest absolute Gasteiger partial charge is 0.135 e. The molecule has 0 bridgehead atoms. The molecule has 0 atom stereocenters. The standard InChI is InChI=1S/C10H11BrN2S2/c11-8-5-7-10(15-8)13-9(14-7)6-1-3-12-4-2-6/h5-6,12H,1-4H2.